The van der Waals surface area contributed by atoms with E-state index in [0.717, 1.165) is 11.1 Å². The molecular weight excluding hydrogens is 392 g/mol. The summed E-state index contributed by atoms with van der Waals surface area (Å²) >= 11 is 0. The molecule has 3 aromatic rings. The van der Waals surface area contributed by atoms with E-state index in [2.05, 4.69) is 5.32 Å². The third-order valence-electron chi connectivity index (χ3n) is 4.44. The van der Waals surface area contributed by atoms with Crippen molar-refractivity contribution in [3.05, 3.63) is 101 Å². The number of amides is 1. The van der Waals surface area contributed by atoms with E-state index in [1.165, 1.54) is 18.2 Å². The zero-order valence-electron chi connectivity index (χ0n) is 16.8. The Hall–Kier alpha value is -4.37. The number of benzene rings is 3. The lowest BCUT2D eigenvalue weighted by atomic mass is 10.1. The summed E-state index contributed by atoms with van der Waals surface area (Å²) in [6.07, 6.45) is 1.51. The first kappa shape index (κ1) is 21.3. The predicted molar refractivity (Wildman–Crippen MR) is 118 cm³/mol. The molecule has 0 aliphatic carbocycles. The fourth-order valence-electron chi connectivity index (χ4n) is 2.81. The van der Waals surface area contributed by atoms with Crippen molar-refractivity contribution in [3.63, 3.8) is 0 Å². The molecule has 0 spiro atoms. The first-order chi connectivity index (χ1) is 14.9. The number of nitriles is 1. The van der Waals surface area contributed by atoms with Gasteiger partial charge < -0.3 is 15.2 Å². The number of ether oxygens (including phenoxy) is 1. The van der Waals surface area contributed by atoms with E-state index in [-0.39, 0.29) is 17.7 Å². The fraction of sp³-hybridized carbons (Fsp3) is 0.0800. The Morgan fingerprint density at radius 1 is 1.06 bits per heavy atom. The molecule has 0 heterocycles. The molecule has 0 unspecified atom stereocenters. The second kappa shape index (κ2) is 9.90. The molecule has 1 amide bonds. The van der Waals surface area contributed by atoms with Crippen LogP contribution in [0.15, 0.2) is 78.4 Å². The minimum atomic E-state index is -0.972. The molecule has 0 aromatic heterocycles. The number of rotatable bonds is 7. The van der Waals surface area contributed by atoms with Crippen LogP contribution in [-0.2, 0) is 11.4 Å². The average molecular weight is 412 g/mol. The van der Waals surface area contributed by atoms with Crippen LogP contribution in [0.3, 0.4) is 0 Å². The van der Waals surface area contributed by atoms with E-state index in [0.29, 0.717) is 17.0 Å². The van der Waals surface area contributed by atoms with E-state index in [1.54, 1.807) is 42.5 Å². The summed E-state index contributed by atoms with van der Waals surface area (Å²) in [5.41, 5.74) is 3.39. The lowest BCUT2D eigenvalue weighted by Crippen LogP contribution is -2.13. The Kier molecular flexibility index (Phi) is 6.82. The van der Waals surface area contributed by atoms with Crippen molar-refractivity contribution in [1.29, 1.82) is 5.26 Å². The van der Waals surface area contributed by atoms with Crippen molar-refractivity contribution >= 4 is 23.6 Å². The second-order valence-electron chi connectivity index (χ2n) is 6.85. The summed E-state index contributed by atoms with van der Waals surface area (Å²) in [7, 11) is 0. The lowest BCUT2D eigenvalue weighted by molar-refractivity contribution is -0.112. The molecule has 0 saturated carbocycles. The number of carboxylic acids is 1. The molecule has 31 heavy (non-hydrogen) atoms. The van der Waals surface area contributed by atoms with Gasteiger partial charge in [-0.1, -0.05) is 36.4 Å². The molecule has 3 rings (SSSR count). The third-order valence-corrected chi connectivity index (χ3v) is 4.44. The SMILES string of the molecule is Cc1cccc(NC(=O)C(C#N)=Cc2ccc(OCc3ccc(C(=O)O)cc3)cc2)c1. The molecule has 6 heteroatoms. The predicted octanol–water partition coefficient (Wildman–Crippen LogP) is 4.82. The van der Waals surface area contributed by atoms with Gasteiger partial charge in [0.25, 0.3) is 5.91 Å². The van der Waals surface area contributed by atoms with Gasteiger partial charge in [0.2, 0.25) is 0 Å². The molecule has 0 aliphatic heterocycles. The fourth-order valence-corrected chi connectivity index (χ4v) is 2.81. The highest BCUT2D eigenvalue weighted by atomic mass is 16.5. The Bertz CT molecular complexity index is 1160. The smallest absolute Gasteiger partial charge is 0.335 e. The molecule has 0 radical (unpaired) electrons. The first-order valence-electron chi connectivity index (χ1n) is 9.49. The van der Waals surface area contributed by atoms with Crippen LogP contribution < -0.4 is 10.1 Å². The minimum absolute atomic E-state index is 0.00584. The van der Waals surface area contributed by atoms with Crippen molar-refractivity contribution in [2.45, 2.75) is 13.5 Å². The number of carboxylic acid groups (broad SMARTS) is 1. The van der Waals surface area contributed by atoms with Gasteiger partial charge in [0, 0.05) is 5.69 Å². The van der Waals surface area contributed by atoms with Crippen LogP contribution in [0.2, 0.25) is 0 Å². The number of hydrogen-bond donors (Lipinski definition) is 2. The minimum Gasteiger partial charge on any atom is -0.489 e. The first-order valence-corrected chi connectivity index (χ1v) is 9.49. The third kappa shape index (κ3) is 6.05. The van der Waals surface area contributed by atoms with Gasteiger partial charge in [-0.25, -0.2) is 4.79 Å². The number of aromatic carboxylic acids is 1. The van der Waals surface area contributed by atoms with Gasteiger partial charge in [0.15, 0.2) is 0 Å². The van der Waals surface area contributed by atoms with Gasteiger partial charge in [0.1, 0.15) is 24.0 Å². The zero-order valence-corrected chi connectivity index (χ0v) is 16.8. The lowest BCUT2D eigenvalue weighted by Gasteiger charge is -2.07. The normalized spacial score (nSPS) is 10.8. The summed E-state index contributed by atoms with van der Waals surface area (Å²) in [5.74, 6) is -0.833. The van der Waals surface area contributed by atoms with Crippen LogP contribution in [0.25, 0.3) is 6.08 Å². The number of nitrogens with zero attached hydrogens (tertiary/aromatic N) is 1. The summed E-state index contributed by atoms with van der Waals surface area (Å²) in [6, 6.07) is 22.7. The largest absolute Gasteiger partial charge is 0.489 e. The van der Waals surface area contributed by atoms with E-state index < -0.39 is 11.9 Å². The maximum Gasteiger partial charge on any atom is 0.335 e. The van der Waals surface area contributed by atoms with Crippen LogP contribution in [0.4, 0.5) is 5.69 Å². The Labute approximate surface area is 180 Å². The highest BCUT2D eigenvalue weighted by Crippen LogP contribution is 2.17. The quantitative estimate of drug-likeness (QED) is 0.428. The molecule has 0 fully saturated rings. The molecule has 0 saturated heterocycles. The van der Waals surface area contributed by atoms with Crippen LogP contribution in [-0.4, -0.2) is 17.0 Å². The average Bonchev–Trinajstić information content (AvgIpc) is 2.77. The Balaban J connectivity index is 1.62. The number of carbonyl (C=O) groups is 2. The highest BCUT2D eigenvalue weighted by molar-refractivity contribution is 6.09. The number of nitrogens with one attached hydrogen (secondary N) is 1. The highest BCUT2D eigenvalue weighted by Gasteiger charge is 2.10. The number of anilines is 1. The molecule has 0 bridgehead atoms. The van der Waals surface area contributed by atoms with Crippen LogP contribution >= 0.6 is 0 Å². The van der Waals surface area contributed by atoms with Crippen LogP contribution in [0, 0.1) is 18.3 Å². The number of carbonyl (C=O) groups excluding carboxylic acids is 1. The van der Waals surface area contributed by atoms with Crippen molar-refractivity contribution in [2.24, 2.45) is 0 Å². The Morgan fingerprint density at radius 2 is 1.77 bits per heavy atom. The van der Waals surface area contributed by atoms with Crippen molar-refractivity contribution in [1.82, 2.24) is 0 Å². The molecule has 0 aliphatic rings. The van der Waals surface area contributed by atoms with Crippen LogP contribution in [0.5, 0.6) is 5.75 Å². The molecular formula is C25H20N2O4. The molecule has 0 atom stereocenters. The second-order valence-corrected chi connectivity index (χ2v) is 6.85. The van der Waals surface area contributed by atoms with Crippen LogP contribution in [0.1, 0.15) is 27.0 Å². The van der Waals surface area contributed by atoms with Crippen molar-refractivity contribution in [3.8, 4) is 11.8 Å². The summed E-state index contributed by atoms with van der Waals surface area (Å²) in [5, 5.41) is 21.0. The summed E-state index contributed by atoms with van der Waals surface area (Å²) in [6.45, 7) is 2.21. The Morgan fingerprint density at radius 3 is 2.39 bits per heavy atom. The van der Waals surface area contributed by atoms with Gasteiger partial charge in [-0.3, -0.25) is 4.79 Å². The topological polar surface area (TPSA) is 99.4 Å². The van der Waals surface area contributed by atoms with Crippen molar-refractivity contribution < 1.29 is 19.4 Å². The van der Waals surface area contributed by atoms with E-state index in [1.807, 2.05) is 31.2 Å². The summed E-state index contributed by atoms with van der Waals surface area (Å²) < 4.78 is 5.70. The maximum absolute atomic E-state index is 12.4. The van der Waals surface area contributed by atoms with Gasteiger partial charge in [-0.05, 0) is 66.1 Å². The van der Waals surface area contributed by atoms with E-state index in [9.17, 15) is 14.9 Å². The van der Waals surface area contributed by atoms with E-state index in [4.69, 9.17) is 9.84 Å². The van der Waals surface area contributed by atoms with E-state index >= 15 is 0 Å². The van der Waals surface area contributed by atoms with Crippen molar-refractivity contribution in [2.75, 3.05) is 5.32 Å². The molecule has 3 aromatic carbocycles. The van der Waals surface area contributed by atoms with Gasteiger partial charge in [0.05, 0.1) is 5.56 Å². The molecule has 154 valence electrons. The van der Waals surface area contributed by atoms with Gasteiger partial charge >= 0.3 is 5.97 Å². The number of aryl methyl sites for hydroxylation is 1. The number of hydrogen-bond acceptors (Lipinski definition) is 4. The maximum atomic E-state index is 12.4. The monoisotopic (exact) mass is 412 g/mol. The summed E-state index contributed by atoms with van der Waals surface area (Å²) in [4.78, 5) is 23.3. The molecule has 6 nitrogen and oxygen atoms in total. The van der Waals surface area contributed by atoms with Gasteiger partial charge in [-0.2, -0.15) is 5.26 Å². The molecule has 2 N–H and O–H groups in total. The van der Waals surface area contributed by atoms with Gasteiger partial charge in [-0.15, -0.1) is 0 Å². The standard InChI is InChI=1S/C25H20N2O4/c1-17-3-2-4-22(13-17)27-24(28)21(15-26)14-18-7-11-23(12-8-18)31-16-19-5-9-20(10-6-19)25(29)30/h2-14H,16H2,1H3,(H,27,28)(H,29,30). The zero-order chi connectivity index (χ0) is 22.2.